The van der Waals surface area contributed by atoms with Crippen molar-refractivity contribution in [1.29, 1.82) is 0 Å². The van der Waals surface area contributed by atoms with Crippen LogP contribution in [0.25, 0.3) is 12.3 Å². The van der Waals surface area contributed by atoms with Crippen molar-refractivity contribution in [1.82, 2.24) is 10.2 Å². The van der Waals surface area contributed by atoms with Crippen molar-refractivity contribution in [2.45, 2.75) is 64.6 Å². The van der Waals surface area contributed by atoms with Crippen molar-refractivity contribution in [3.05, 3.63) is 45.8 Å². The van der Waals surface area contributed by atoms with E-state index in [4.69, 9.17) is 0 Å². The van der Waals surface area contributed by atoms with Gasteiger partial charge in [0.15, 0.2) is 0 Å². The third-order valence-corrected chi connectivity index (χ3v) is 6.49. The highest BCUT2D eigenvalue weighted by atomic mass is 19.4. The largest absolute Gasteiger partial charge is 0.411 e. The molecule has 182 valence electrons. The summed E-state index contributed by atoms with van der Waals surface area (Å²) in [5.74, 6) is 0.355. The maximum Gasteiger partial charge on any atom is 0.411 e. The van der Waals surface area contributed by atoms with Crippen LogP contribution < -0.4 is 15.8 Å². The molecule has 0 saturated heterocycles. The van der Waals surface area contributed by atoms with Gasteiger partial charge in [0.05, 0.1) is 6.61 Å². The molecule has 0 aromatic heterocycles. The quantitative estimate of drug-likeness (QED) is 0.489. The Balaban J connectivity index is 1.72. The maximum absolute atomic E-state index is 12.7. The van der Waals surface area contributed by atoms with Crippen molar-refractivity contribution in [2.75, 3.05) is 26.3 Å². The van der Waals surface area contributed by atoms with Gasteiger partial charge in [-0.3, -0.25) is 4.79 Å². The predicted octanol–water partition coefficient (Wildman–Crippen LogP) is 4.05. The molecule has 0 bridgehead atoms. The van der Waals surface area contributed by atoms with Gasteiger partial charge in [-0.2, -0.15) is 13.2 Å². The van der Waals surface area contributed by atoms with Crippen molar-refractivity contribution >= 4 is 18.2 Å². The number of halogens is 3. The van der Waals surface area contributed by atoms with E-state index in [9.17, 15) is 18.0 Å². The van der Waals surface area contributed by atoms with E-state index < -0.39 is 12.8 Å². The minimum atomic E-state index is -4.36. The van der Waals surface area contributed by atoms with Crippen LogP contribution in [0.1, 0.15) is 61.4 Å². The first-order chi connectivity index (χ1) is 15.7. The van der Waals surface area contributed by atoms with E-state index >= 15 is 0 Å². The number of allylic oxidation sites excluding steroid dienone is 2. The number of benzene rings is 1. The molecule has 7 heteroatoms. The molecule has 0 fully saturated rings. The number of rotatable bonds is 7. The second-order valence-electron chi connectivity index (χ2n) is 9.13. The summed E-state index contributed by atoms with van der Waals surface area (Å²) in [6, 6.07) is 4.14. The summed E-state index contributed by atoms with van der Waals surface area (Å²) in [7, 11) is 0. The van der Waals surface area contributed by atoms with Gasteiger partial charge < -0.3 is 15.0 Å². The van der Waals surface area contributed by atoms with Crippen LogP contribution in [0.3, 0.4) is 0 Å². The summed E-state index contributed by atoms with van der Waals surface area (Å²) in [5.41, 5.74) is 1.43. The molecular weight excluding hydrogens is 429 g/mol. The zero-order valence-corrected chi connectivity index (χ0v) is 19.6. The van der Waals surface area contributed by atoms with Crippen molar-refractivity contribution in [3.63, 3.8) is 0 Å². The monoisotopic (exact) mass is 464 g/mol. The molecule has 1 aromatic carbocycles. The van der Waals surface area contributed by atoms with Gasteiger partial charge in [0.2, 0.25) is 0 Å². The molecule has 33 heavy (non-hydrogen) atoms. The summed E-state index contributed by atoms with van der Waals surface area (Å²) < 4.78 is 41.1. The van der Waals surface area contributed by atoms with Crippen LogP contribution >= 0.6 is 0 Å². The Bertz CT molecular complexity index is 956. The van der Waals surface area contributed by atoms with Gasteiger partial charge in [0.25, 0.3) is 5.91 Å². The van der Waals surface area contributed by atoms with Gasteiger partial charge in [-0.15, -0.1) is 0 Å². The fraction of sp³-hybridized carbons (Fsp3) is 0.577. The van der Waals surface area contributed by atoms with Gasteiger partial charge in [-0.05, 0) is 75.1 Å². The lowest BCUT2D eigenvalue weighted by molar-refractivity contribution is -0.173. The number of hydrogen-bond acceptors (Lipinski definition) is 3. The zero-order valence-electron chi connectivity index (χ0n) is 19.6. The Kier molecular flexibility index (Phi) is 9.01. The van der Waals surface area contributed by atoms with Gasteiger partial charge in [0.1, 0.15) is 6.61 Å². The van der Waals surface area contributed by atoms with Gasteiger partial charge in [-0.1, -0.05) is 24.3 Å². The second-order valence-corrected chi connectivity index (χ2v) is 9.13. The van der Waals surface area contributed by atoms with Crippen molar-refractivity contribution in [3.8, 4) is 0 Å². The molecule has 1 heterocycles. The van der Waals surface area contributed by atoms with Crippen LogP contribution in [0.5, 0.6) is 0 Å². The molecular formula is C26H35F3N2O2. The number of alkyl halides is 3. The zero-order chi connectivity index (χ0) is 23.8. The third kappa shape index (κ3) is 7.63. The lowest BCUT2D eigenvalue weighted by atomic mass is 9.93. The first kappa shape index (κ1) is 25.3. The Morgan fingerprint density at radius 2 is 2.00 bits per heavy atom. The Morgan fingerprint density at radius 1 is 1.21 bits per heavy atom. The molecule has 1 aromatic rings. The number of nitrogens with one attached hydrogen (secondary N) is 1. The van der Waals surface area contributed by atoms with Gasteiger partial charge in [0, 0.05) is 36.1 Å². The average Bonchev–Trinajstić information content (AvgIpc) is 2.88. The first-order valence-corrected chi connectivity index (χ1v) is 11.9. The van der Waals surface area contributed by atoms with E-state index in [0.29, 0.717) is 17.5 Å². The summed E-state index contributed by atoms with van der Waals surface area (Å²) in [5, 5.41) is 4.84. The predicted molar refractivity (Wildman–Crippen MR) is 125 cm³/mol. The average molecular weight is 465 g/mol. The summed E-state index contributed by atoms with van der Waals surface area (Å²) in [6.45, 7) is 3.72. The summed E-state index contributed by atoms with van der Waals surface area (Å²) >= 11 is 0. The molecule has 1 N–H and O–H groups in total. The maximum atomic E-state index is 12.7. The number of amides is 1. The topological polar surface area (TPSA) is 41.6 Å². The molecule has 1 amide bonds. The minimum Gasteiger partial charge on any atom is -0.374 e. The van der Waals surface area contributed by atoms with Gasteiger partial charge in [-0.25, -0.2) is 0 Å². The highest BCUT2D eigenvalue weighted by Crippen LogP contribution is 2.22. The number of carbonyl (C=O) groups is 1. The van der Waals surface area contributed by atoms with E-state index in [1.807, 2.05) is 13.0 Å². The molecule has 0 radical (unpaired) electrons. The summed E-state index contributed by atoms with van der Waals surface area (Å²) in [6.07, 6.45) is 11.6. The highest BCUT2D eigenvalue weighted by Gasteiger charge is 2.27. The number of nitrogens with zero attached hydrogens (tertiary/aromatic N) is 1. The standard InChI is InChI=1S/C26H35F3N2O2/c1-19-10-11-22-12-13-23(25(32)30-14-15-33-18-26(27,28)29)20(2)24(22)17-31(19)16-21-8-6-4-3-5-7-9-21/h3-4,11-13,17,19,21H,5-10,14-16,18H2,1-2H3,(H,30,32). The minimum absolute atomic E-state index is 0.0283. The van der Waals surface area contributed by atoms with E-state index in [1.165, 1.54) is 19.3 Å². The van der Waals surface area contributed by atoms with Crippen LogP contribution in [0.15, 0.2) is 24.3 Å². The molecule has 3 rings (SSSR count). The third-order valence-electron chi connectivity index (χ3n) is 6.49. The Morgan fingerprint density at radius 3 is 2.79 bits per heavy atom. The Hall–Kier alpha value is -2.28. The normalized spacial score (nSPS) is 21.2. The van der Waals surface area contributed by atoms with Crippen molar-refractivity contribution < 1.29 is 22.7 Å². The molecule has 1 aliphatic heterocycles. The van der Waals surface area contributed by atoms with E-state index in [-0.39, 0.29) is 19.1 Å². The lowest BCUT2D eigenvalue weighted by Crippen LogP contribution is -2.37. The molecule has 2 atom stereocenters. The van der Waals surface area contributed by atoms with E-state index in [0.717, 1.165) is 41.8 Å². The van der Waals surface area contributed by atoms with Crippen molar-refractivity contribution in [2.24, 2.45) is 5.92 Å². The SMILES string of the molecule is Cc1c(C(=O)NCCOCC(F)(F)F)ccc2c1=CN(CC1CCC=CCCC1)C(C)CC=2. The van der Waals surface area contributed by atoms with E-state index in [1.54, 1.807) is 6.07 Å². The van der Waals surface area contributed by atoms with Crippen LogP contribution in [0.2, 0.25) is 0 Å². The fourth-order valence-corrected chi connectivity index (χ4v) is 4.54. The lowest BCUT2D eigenvalue weighted by Gasteiger charge is -2.31. The molecule has 1 aliphatic carbocycles. The molecule has 0 spiro atoms. The number of fused-ring (bicyclic) bond motifs is 1. The van der Waals surface area contributed by atoms with Crippen LogP contribution in [-0.4, -0.2) is 49.3 Å². The number of carbonyl (C=O) groups excluding carboxylic acids is 1. The van der Waals surface area contributed by atoms with Crippen LogP contribution in [0.4, 0.5) is 13.2 Å². The molecule has 4 nitrogen and oxygen atoms in total. The van der Waals surface area contributed by atoms with Gasteiger partial charge >= 0.3 is 6.18 Å². The highest BCUT2D eigenvalue weighted by molar-refractivity contribution is 5.95. The molecule has 2 unspecified atom stereocenters. The van der Waals surface area contributed by atoms with Crippen LogP contribution in [-0.2, 0) is 4.74 Å². The smallest absolute Gasteiger partial charge is 0.374 e. The fourth-order valence-electron chi connectivity index (χ4n) is 4.54. The van der Waals surface area contributed by atoms with E-state index in [2.05, 4.69) is 46.3 Å². The first-order valence-electron chi connectivity index (χ1n) is 11.9. The van der Waals surface area contributed by atoms with Crippen LogP contribution in [0, 0.1) is 12.8 Å². The number of ether oxygens (including phenoxy) is 1. The Labute approximate surface area is 194 Å². The second kappa shape index (κ2) is 11.7. The number of hydrogen-bond donors (Lipinski definition) is 1. The summed E-state index contributed by atoms with van der Waals surface area (Å²) in [4.78, 5) is 15.1. The molecule has 2 aliphatic rings. The molecule has 0 saturated carbocycles.